The first-order valence-electron chi connectivity index (χ1n) is 0.983. The largest absolute Gasteiger partial charge is 0.466 e. The van der Waals surface area contributed by atoms with Crippen molar-refractivity contribution in [2.24, 2.45) is 0 Å². The minimum absolute atomic E-state index is 4.64. The molecule has 0 saturated carbocycles. The standard InChI is InChI=1S/N2.H3O4P/c1-2;1-5(2,3)4/h;(H3,1,2,3,4). The lowest BCUT2D eigenvalue weighted by Gasteiger charge is -1.82. The first-order valence-corrected chi connectivity index (χ1v) is 2.55. The van der Waals surface area contributed by atoms with Gasteiger partial charge in [0.15, 0.2) is 0 Å². The summed E-state index contributed by atoms with van der Waals surface area (Å²) in [6, 6.07) is 0. The average molecular weight is 126 g/mol. The van der Waals surface area contributed by atoms with Crippen LogP contribution in [-0.2, 0) is 4.57 Å². The molecule has 0 heterocycles. The van der Waals surface area contributed by atoms with Gasteiger partial charge in [0.25, 0.3) is 0 Å². The molecule has 0 aliphatic carbocycles. The molecule has 0 unspecified atom stereocenters. The summed E-state index contributed by atoms with van der Waals surface area (Å²) in [5.41, 5.74) is 0. The molecular formula is H3N2O4P. The second-order valence-electron chi connectivity index (χ2n) is 0.513. The fourth-order valence-electron chi connectivity index (χ4n) is 0. The van der Waals surface area contributed by atoms with E-state index >= 15 is 0 Å². The van der Waals surface area contributed by atoms with E-state index in [4.69, 9.17) is 30.0 Å². The van der Waals surface area contributed by atoms with E-state index in [1.54, 1.807) is 0 Å². The summed E-state index contributed by atoms with van der Waals surface area (Å²) in [6.07, 6.45) is 0. The molecule has 6 nitrogen and oxygen atoms in total. The van der Waals surface area contributed by atoms with Gasteiger partial charge in [-0.25, -0.2) is 4.57 Å². The molecule has 0 spiro atoms. The Morgan fingerprint density at radius 1 is 1.14 bits per heavy atom. The van der Waals surface area contributed by atoms with Gasteiger partial charge in [-0.1, -0.05) is 0 Å². The zero-order valence-corrected chi connectivity index (χ0v) is 3.99. The van der Waals surface area contributed by atoms with Gasteiger partial charge in [-0.15, -0.1) is 0 Å². The van der Waals surface area contributed by atoms with E-state index in [0.29, 0.717) is 0 Å². The molecule has 0 rings (SSSR count). The summed E-state index contributed by atoms with van der Waals surface area (Å²) in [5.74, 6) is 0. The van der Waals surface area contributed by atoms with Gasteiger partial charge in [0.1, 0.15) is 0 Å². The highest BCUT2D eigenvalue weighted by molar-refractivity contribution is 7.45. The lowest BCUT2D eigenvalue weighted by Crippen LogP contribution is -1.66. The Kier molecular flexibility index (Phi) is 5.16. The van der Waals surface area contributed by atoms with E-state index < -0.39 is 7.82 Å². The topological polar surface area (TPSA) is 125 Å². The van der Waals surface area contributed by atoms with Crippen LogP contribution in [-0.4, -0.2) is 14.7 Å². The van der Waals surface area contributed by atoms with Crippen molar-refractivity contribution in [2.75, 3.05) is 0 Å². The summed E-state index contributed by atoms with van der Waals surface area (Å²) in [4.78, 5) is 21.6. The SMILES string of the molecule is N#N.O=P(O)(O)O. The lowest BCUT2D eigenvalue weighted by atomic mass is 13.4. The van der Waals surface area contributed by atoms with Gasteiger partial charge >= 0.3 is 7.82 Å². The molecule has 0 radical (unpaired) electrons. The third kappa shape index (κ3) is 312. The summed E-state index contributed by atoms with van der Waals surface area (Å²) >= 11 is 0. The Hall–Kier alpha value is -0.470. The van der Waals surface area contributed by atoms with Gasteiger partial charge in [0.05, 0.1) is 0 Å². The normalized spacial score (nSPS) is 8.71. The molecule has 0 bridgehead atoms. The maximum absolute atomic E-state index is 8.88. The second kappa shape index (κ2) is 3.71. The summed E-state index contributed by atoms with van der Waals surface area (Å²) in [5, 5.41) is 12.0. The van der Waals surface area contributed by atoms with Gasteiger partial charge in [0, 0.05) is 10.8 Å². The van der Waals surface area contributed by atoms with E-state index in [1.807, 2.05) is 0 Å². The Balaban J connectivity index is 0. The van der Waals surface area contributed by atoms with E-state index in [9.17, 15) is 0 Å². The van der Waals surface area contributed by atoms with Crippen molar-refractivity contribution >= 4 is 7.82 Å². The highest BCUT2D eigenvalue weighted by Gasteiger charge is 2.00. The predicted octanol–water partition coefficient (Wildman–Crippen LogP) is -0.898. The first-order chi connectivity index (χ1) is 3.00. The van der Waals surface area contributed by atoms with Crippen LogP contribution in [0.1, 0.15) is 0 Å². The van der Waals surface area contributed by atoms with Crippen molar-refractivity contribution in [1.29, 1.82) is 10.8 Å². The van der Waals surface area contributed by atoms with E-state index in [1.165, 1.54) is 0 Å². The van der Waals surface area contributed by atoms with Crippen LogP contribution in [0.25, 0.3) is 0 Å². The summed E-state index contributed by atoms with van der Waals surface area (Å²) < 4.78 is 8.88. The van der Waals surface area contributed by atoms with Gasteiger partial charge < -0.3 is 14.7 Å². The Morgan fingerprint density at radius 3 is 1.14 bits per heavy atom. The molecule has 0 atom stereocenters. The van der Waals surface area contributed by atoms with Crippen LogP contribution in [0.3, 0.4) is 0 Å². The number of nitrogens with zero attached hydrogens (tertiary/aromatic N) is 2. The van der Waals surface area contributed by atoms with Crippen molar-refractivity contribution in [3.63, 3.8) is 0 Å². The second-order valence-corrected chi connectivity index (χ2v) is 1.54. The summed E-state index contributed by atoms with van der Waals surface area (Å²) in [6.45, 7) is 0. The number of rotatable bonds is 0. The molecule has 7 heteroatoms. The monoisotopic (exact) mass is 126 g/mol. The smallest absolute Gasteiger partial charge is 0.303 e. The van der Waals surface area contributed by atoms with E-state index in [2.05, 4.69) is 0 Å². The molecule has 42 valence electrons. The number of hydrogen-bond acceptors (Lipinski definition) is 3. The predicted molar refractivity (Wildman–Crippen MR) is 17.7 cm³/mol. The first kappa shape index (κ1) is 9.73. The lowest BCUT2D eigenvalue weighted by molar-refractivity contribution is 0.275. The highest BCUT2D eigenvalue weighted by Crippen LogP contribution is 2.25. The van der Waals surface area contributed by atoms with Crippen molar-refractivity contribution in [1.82, 2.24) is 0 Å². The molecule has 7 heavy (non-hydrogen) atoms. The van der Waals surface area contributed by atoms with Crippen molar-refractivity contribution in [3.05, 3.63) is 0 Å². The van der Waals surface area contributed by atoms with Gasteiger partial charge in [-0.05, 0) is 0 Å². The molecule has 0 aliphatic heterocycles. The van der Waals surface area contributed by atoms with Crippen LogP contribution in [0.2, 0.25) is 0 Å². The summed E-state index contributed by atoms with van der Waals surface area (Å²) in [7, 11) is -4.64. The minimum Gasteiger partial charge on any atom is -0.303 e. The van der Waals surface area contributed by atoms with E-state index in [0.717, 1.165) is 0 Å². The quantitative estimate of drug-likeness (QED) is 0.285. The van der Waals surface area contributed by atoms with Gasteiger partial charge in [-0.2, -0.15) is 0 Å². The third-order valence-corrected chi connectivity index (χ3v) is 0. The molecule has 0 saturated heterocycles. The van der Waals surface area contributed by atoms with Crippen LogP contribution in [0.5, 0.6) is 0 Å². The van der Waals surface area contributed by atoms with Crippen molar-refractivity contribution < 1.29 is 19.2 Å². The maximum atomic E-state index is 8.88. The van der Waals surface area contributed by atoms with Crippen molar-refractivity contribution in [3.8, 4) is 0 Å². The number of phosphoric acid groups is 1. The highest BCUT2D eigenvalue weighted by atomic mass is 31.2. The van der Waals surface area contributed by atoms with Gasteiger partial charge in [-0.3, -0.25) is 0 Å². The van der Waals surface area contributed by atoms with E-state index in [-0.39, 0.29) is 0 Å². The van der Waals surface area contributed by atoms with Crippen molar-refractivity contribution in [2.45, 2.75) is 0 Å². The molecule has 3 N–H and O–H groups in total. The zero-order valence-electron chi connectivity index (χ0n) is 3.09. The van der Waals surface area contributed by atoms with Gasteiger partial charge in [0.2, 0.25) is 0 Å². The molecule has 0 aromatic rings. The molecule has 0 fully saturated rings. The molecule has 0 aromatic carbocycles. The molecule has 0 aliphatic rings. The van der Waals surface area contributed by atoms with Crippen LogP contribution >= 0.6 is 7.82 Å². The van der Waals surface area contributed by atoms with Crippen LogP contribution in [0, 0.1) is 10.8 Å². The third-order valence-electron chi connectivity index (χ3n) is 0. The Labute approximate surface area is 39.1 Å². The minimum atomic E-state index is -4.64. The molecular weight excluding hydrogens is 123 g/mol. The van der Waals surface area contributed by atoms with Crippen LogP contribution < -0.4 is 0 Å². The fourth-order valence-corrected chi connectivity index (χ4v) is 0. The number of hydrogen-bond donors (Lipinski definition) is 3. The Morgan fingerprint density at radius 2 is 1.14 bits per heavy atom. The average Bonchev–Trinajstić information content (AvgIpc) is 1.36. The molecule has 0 amide bonds. The fraction of sp³-hybridized carbons (Fsp3) is 0. The zero-order chi connectivity index (χ0) is 6.50. The maximum Gasteiger partial charge on any atom is 0.466 e. The molecule has 0 aromatic heterocycles. The van der Waals surface area contributed by atoms with Crippen LogP contribution in [0.4, 0.5) is 0 Å². The van der Waals surface area contributed by atoms with Crippen LogP contribution in [0.15, 0.2) is 0 Å². The Bertz CT molecular complexity index is 80.8.